The third kappa shape index (κ3) is 5.02. The lowest BCUT2D eigenvalue weighted by atomic mass is 9.60. The molecule has 2 heterocycles. The van der Waals surface area contributed by atoms with Gasteiger partial charge >= 0.3 is 0 Å². The highest BCUT2D eigenvalue weighted by atomic mass is 32.2. The lowest BCUT2D eigenvalue weighted by molar-refractivity contribution is 0.756. The van der Waals surface area contributed by atoms with Gasteiger partial charge in [-0.3, -0.25) is 0 Å². The van der Waals surface area contributed by atoms with Gasteiger partial charge in [-0.2, -0.15) is 0 Å². The van der Waals surface area contributed by atoms with E-state index < -0.39 is 0 Å². The van der Waals surface area contributed by atoms with Crippen LogP contribution >= 0.6 is 92.4 Å². The molecule has 2 aromatic heterocycles. The van der Waals surface area contributed by atoms with Gasteiger partial charge in [-0.15, -0.1) is 0 Å². The van der Waals surface area contributed by atoms with E-state index in [-0.39, 0.29) is 23.7 Å². The second-order valence-electron chi connectivity index (χ2n) is 16.0. The molecule has 60 heavy (non-hydrogen) atoms. The molecule has 0 spiro atoms. The van der Waals surface area contributed by atoms with Gasteiger partial charge in [0.25, 0.3) is 8.38 Å². The van der Waals surface area contributed by atoms with E-state index in [0.717, 1.165) is 0 Å². The molecule has 0 radical (unpaired) electrons. The van der Waals surface area contributed by atoms with Gasteiger partial charge in [0, 0.05) is 23.7 Å². The molecular formula is C52H36S8+2. The van der Waals surface area contributed by atoms with E-state index in [1.807, 2.05) is 92.4 Å². The molecule has 0 fully saturated rings. The van der Waals surface area contributed by atoms with Crippen LogP contribution < -0.4 is 0 Å². The number of hydrogen-bond donors (Lipinski definition) is 0. The van der Waals surface area contributed by atoms with Gasteiger partial charge in [-0.25, -0.2) is 0 Å². The molecule has 0 saturated heterocycles. The van der Waals surface area contributed by atoms with E-state index in [1.165, 1.54) is 125 Å². The van der Waals surface area contributed by atoms with Crippen LogP contribution in [0, 0.1) is 0 Å². The molecule has 7 aromatic carbocycles. The SMILES string of the molecule is CSc1sc(-c2c3cc4c(cc3c(-c3sc(SC)c(SC)[s+]3)c3cc5c(cc23)C2c3ccccc3C5c3ccccc32)C2c3ccccc3C4c3ccccc32)[s+]c1SC. The summed E-state index contributed by atoms with van der Waals surface area (Å²) in [6.07, 6.45) is 8.98. The van der Waals surface area contributed by atoms with Crippen LogP contribution in [0.4, 0.5) is 0 Å². The third-order valence-electron chi connectivity index (χ3n) is 13.5. The van der Waals surface area contributed by atoms with E-state index in [1.54, 1.807) is 0 Å². The van der Waals surface area contributed by atoms with E-state index in [4.69, 9.17) is 0 Å². The first-order chi connectivity index (χ1) is 29.6. The zero-order valence-electron chi connectivity index (χ0n) is 33.1. The maximum absolute atomic E-state index is 2.68. The number of thioether (sulfide) groups is 4. The van der Waals surface area contributed by atoms with E-state index in [9.17, 15) is 0 Å². The third-order valence-corrected chi connectivity index (χ3v) is 23.9. The fraction of sp³-hybridized carbons (Fsp3) is 0.154. The minimum absolute atomic E-state index is 0.215. The number of fused-ring (bicyclic) bond motifs is 2. The molecular weight excluding hydrogens is 881 g/mol. The zero-order valence-corrected chi connectivity index (χ0v) is 39.7. The minimum Gasteiger partial charge on any atom is -0.0908 e. The summed E-state index contributed by atoms with van der Waals surface area (Å²) < 4.78 is 8.51. The van der Waals surface area contributed by atoms with Crippen molar-refractivity contribution in [2.24, 2.45) is 0 Å². The standard InChI is InChI=1S/C52H36S8/c1-53-49-50(54-2)58-47(57-49)45-37-21-33-35(43-29-17-9-5-13-25(29)41(33)26-14-6-10-18-30(26)43)23-39(37)46(48-59-51(55-3)52(56-4)60-48)40-24-36-34(22-38(40)45)42-27-15-7-11-19-31(27)44(36)32-20-12-8-16-28(32)42/h5-24,41-44H,1-4H3/q+2. The van der Waals surface area contributed by atoms with Gasteiger partial charge in [0.2, 0.25) is 16.8 Å². The van der Waals surface area contributed by atoms with Gasteiger partial charge in [-0.1, -0.05) is 144 Å². The Morgan fingerprint density at radius 2 is 0.600 bits per heavy atom. The maximum atomic E-state index is 2.68. The molecule has 0 atom stereocenters. The Balaban J connectivity index is 1.21. The molecule has 8 heteroatoms. The molecule has 4 bridgehead atoms. The van der Waals surface area contributed by atoms with Crippen molar-refractivity contribution in [1.29, 1.82) is 0 Å². The Morgan fingerprint density at radius 1 is 0.350 bits per heavy atom. The summed E-state index contributed by atoms with van der Waals surface area (Å²) in [7, 11) is 0. The van der Waals surface area contributed by atoms with Crippen molar-refractivity contribution in [2.75, 3.05) is 25.0 Å². The summed E-state index contributed by atoms with van der Waals surface area (Å²) in [5.74, 6) is 0.860. The van der Waals surface area contributed by atoms with Crippen molar-refractivity contribution in [2.45, 2.75) is 40.5 Å². The van der Waals surface area contributed by atoms with E-state index in [2.05, 4.69) is 146 Å². The predicted molar refractivity (Wildman–Crippen MR) is 269 cm³/mol. The van der Waals surface area contributed by atoms with Crippen LogP contribution in [0.2, 0.25) is 0 Å². The highest BCUT2D eigenvalue weighted by Gasteiger charge is 2.45. The largest absolute Gasteiger partial charge is 0.288 e. The van der Waals surface area contributed by atoms with Gasteiger partial charge in [-0.05, 0) is 138 Å². The summed E-state index contributed by atoms with van der Waals surface area (Å²) in [6, 6.07) is 47.9. The van der Waals surface area contributed by atoms with Crippen molar-refractivity contribution in [3.63, 3.8) is 0 Å². The first-order valence-electron chi connectivity index (χ1n) is 20.2. The van der Waals surface area contributed by atoms with Gasteiger partial charge < -0.3 is 0 Å². The van der Waals surface area contributed by atoms with Crippen LogP contribution in [0.15, 0.2) is 138 Å². The smallest absolute Gasteiger partial charge is 0.0908 e. The average Bonchev–Trinajstić information content (AvgIpc) is 3.93. The summed E-state index contributed by atoms with van der Waals surface area (Å²) in [4.78, 5) is 0. The molecule has 6 aliphatic carbocycles. The van der Waals surface area contributed by atoms with Crippen molar-refractivity contribution in [3.05, 3.63) is 188 Å². The molecule has 9 aromatic rings. The van der Waals surface area contributed by atoms with E-state index >= 15 is 0 Å². The lowest BCUT2D eigenvalue weighted by Crippen LogP contribution is -2.27. The second kappa shape index (κ2) is 14.0. The maximum Gasteiger partial charge on any atom is 0.288 e. The number of rotatable bonds is 6. The Labute approximate surface area is 383 Å². The number of benzene rings is 7. The predicted octanol–water partition coefficient (Wildman–Crippen LogP) is 17.0. The highest BCUT2D eigenvalue weighted by Crippen LogP contribution is 2.62. The van der Waals surface area contributed by atoms with Crippen LogP contribution in [0.5, 0.6) is 0 Å². The topological polar surface area (TPSA) is 0 Å². The Morgan fingerprint density at radius 3 is 0.800 bits per heavy atom. The fourth-order valence-corrected chi connectivity index (χ4v) is 21.5. The van der Waals surface area contributed by atoms with Gasteiger partial charge in [0.05, 0.1) is 11.1 Å². The molecule has 0 nitrogen and oxygen atoms in total. The Bertz CT molecular complexity index is 2790. The summed E-state index contributed by atoms with van der Waals surface area (Å²) in [6.45, 7) is 0. The van der Waals surface area contributed by atoms with Crippen LogP contribution in [0.1, 0.15) is 90.4 Å². The summed E-state index contributed by atoms with van der Waals surface area (Å²) >= 11 is 15.6. The quantitative estimate of drug-likeness (QED) is 0.0925. The average molecular weight is 917 g/mol. The molecule has 0 saturated carbocycles. The van der Waals surface area contributed by atoms with Gasteiger partial charge in [0.15, 0.2) is 0 Å². The Hall–Kier alpha value is -3.44. The number of hydrogen-bond acceptors (Lipinski definition) is 6. The van der Waals surface area contributed by atoms with Crippen LogP contribution in [-0.2, 0) is 0 Å². The van der Waals surface area contributed by atoms with Crippen molar-refractivity contribution in [3.8, 4) is 19.5 Å². The van der Waals surface area contributed by atoms with Crippen molar-refractivity contribution < 1.29 is 0 Å². The normalized spacial score (nSPS) is 18.6. The monoisotopic (exact) mass is 916 g/mol. The second-order valence-corrected chi connectivity index (χ2v) is 24.9. The van der Waals surface area contributed by atoms with E-state index in [0.29, 0.717) is 0 Å². The fourth-order valence-electron chi connectivity index (χ4n) is 11.2. The molecule has 6 aliphatic rings. The molecule has 290 valence electrons. The van der Waals surface area contributed by atoms with Gasteiger partial charge in [0.1, 0.15) is 45.3 Å². The first-order valence-corrected chi connectivity index (χ1v) is 28.3. The van der Waals surface area contributed by atoms with Crippen molar-refractivity contribution >= 4 is 114 Å². The van der Waals surface area contributed by atoms with Crippen LogP contribution in [-0.4, -0.2) is 25.0 Å². The molecule has 0 unspecified atom stereocenters. The van der Waals surface area contributed by atoms with Crippen LogP contribution in [0.3, 0.4) is 0 Å². The molecule has 15 rings (SSSR count). The molecule has 0 amide bonds. The summed E-state index contributed by atoms with van der Waals surface area (Å²) in [5, 5.41) is 5.59. The van der Waals surface area contributed by atoms with Crippen molar-refractivity contribution in [1.82, 2.24) is 0 Å². The first kappa shape index (κ1) is 37.1. The Kier molecular flexibility index (Phi) is 8.69. The minimum atomic E-state index is 0.215. The molecule has 0 N–H and O–H groups in total. The zero-order chi connectivity index (χ0) is 40.0. The lowest BCUT2D eigenvalue weighted by Gasteiger charge is -2.43. The highest BCUT2D eigenvalue weighted by molar-refractivity contribution is 8.05. The molecule has 0 aliphatic heterocycles. The summed E-state index contributed by atoms with van der Waals surface area (Å²) in [5.41, 5.74) is 20.6. The van der Waals surface area contributed by atoms with Crippen LogP contribution in [0.25, 0.3) is 41.1 Å².